The SMILES string of the molecule is O=C(O)CC1C(=O)NCCN1CCOC(F)(F)F. The van der Waals surface area contributed by atoms with Gasteiger partial charge in [0.1, 0.15) is 0 Å². The number of rotatable bonds is 5. The maximum atomic E-state index is 11.8. The van der Waals surface area contributed by atoms with Crippen molar-refractivity contribution in [1.82, 2.24) is 10.2 Å². The summed E-state index contributed by atoms with van der Waals surface area (Å²) in [7, 11) is 0. The van der Waals surface area contributed by atoms with Crippen LogP contribution >= 0.6 is 0 Å². The number of carboxylic acids is 1. The zero-order chi connectivity index (χ0) is 13.8. The molecule has 0 aromatic carbocycles. The predicted octanol–water partition coefficient (Wildman–Crippen LogP) is -0.202. The average Bonchev–Trinajstić information content (AvgIpc) is 2.20. The van der Waals surface area contributed by atoms with Gasteiger partial charge in [-0.1, -0.05) is 0 Å². The topological polar surface area (TPSA) is 78.9 Å². The second kappa shape index (κ2) is 6.01. The summed E-state index contributed by atoms with van der Waals surface area (Å²) in [6.07, 6.45) is -5.17. The van der Waals surface area contributed by atoms with Crippen molar-refractivity contribution in [3.63, 3.8) is 0 Å². The van der Waals surface area contributed by atoms with Crippen LogP contribution in [0.4, 0.5) is 13.2 Å². The lowest BCUT2D eigenvalue weighted by molar-refractivity contribution is -0.325. The molecule has 1 unspecified atom stereocenters. The van der Waals surface area contributed by atoms with E-state index in [9.17, 15) is 22.8 Å². The van der Waals surface area contributed by atoms with Crippen LogP contribution in [0.5, 0.6) is 0 Å². The first-order chi connectivity index (χ1) is 8.29. The van der Waals surface area contributed by atoms with Gasteiger partial charge in [-0.15, -0.1) is 13.2 Å². The Hall–Kier alpha value is -1.35. The van der Waals surface area contributed by atoms with Crippen LogP contribution in [0.25, 0.3) is 0 Å². The van der Waals surface area contributed by atoms with Gasteiger partial charge in [-0.2, -0.15) is 0 Å². The zero-order valence-corrected chi connectivity index (χ0v) is 9.37. The number of hydrogen-bond donors (Lipinski definition) is 2. The van der Waals surface area contributed by atoms with Crippen molar-refractivity contribution in [3.8, 4) is 0 Å². The molecule has 2 N–H and O–H groups in total. The van der Waals surface area contributed by atoms with Gasteiger partial charge in [0, 0.05) is 19.6 Å². The standard InChI is InChI=1S/C9H13F3N2O4/c10-9(11,12)18-4-3-14-2-1-13-8(17)6(14)5-7(15)16/h6H,1-5H2,(H,13,17)(H,15,16). The Bertz CT molecular complexity index is 321. The fourth-order valence-corrected chi connectivity index (χ4v) is 1.70. The van der Waals surface area contributed by atoms with E-state index < -0.39 is 37.3 Å². The Morgan fingerprint density at radius 3 is 2.78 bits per heavy atom. The summed E-state index contributed by atoms with van der Waals surface area (Å²) < 4.78 is 38.9. The Labute approximate surface area is 101 Å². The van der Waals surface area contributed by atoms with E-state index in [-0.39, 0.29) is 13.1 Å². The lowest BCUT2D eigenvalue weighted by Crippen LogP contribution is -2.56. The Morgan fingerprint density at radius 1 is 1.56 bits per heavy atom. The zero-order valence-electron chi connectivity index (χ0n) is 9.37. The van der Waals surface area contributed by atoms with Gasteiger partial charge in [-0.05, 0) is 0 Å². The monoisotopic (exact) mass is 270 g/mol. The van der Waals surface area contributed by atoms with E-state index in [1.54, 1.807) is 0 Å². The van der Waals surface area contributed by atoms with E-state index in [0.29, 0.717) is 6.54 Å². The molecule has 1 aliphatic heterocycles. The van der Waals surface area contributed by atoms with Crippen LogP contribution in [0, 0.1) is 0 Å². The van der Waals surface area contributed by atoms with Crippen molar-refractivity contribution in [1.29, 1.82) is 0 Å². The summed E-state index contributed by atoms with van der Waals surface area (Å²) in [5, 5.41) is 11.1. The third-order valence-electron chi connectivity index (χ3n) is 2.45. The highest BCUT2D eigenvalue weighted by Crippen LogP contribution is 2.16. The molecule has 1 amide bonds. The Kier molecular flexibility index (Phi) is 4.91. The van der Waals surface area contributed by atoms with E-state index in [1.165, 1.54) is 4.90 Å². The Morgan fingerprint density at radius 2 is 2.22 bits per heavy atom. The van der Waals surface area contributed by atoms with Gasteiger partial charge < -0.3 is 10.4 Å². The maximum Gasteiger partial charge on any atom is 0.522 e. The third-order valence-corrected chi connectivity index (χ3v) is 2.45. The molecule has 0 saturated carbocycles. The highest BCUT2D eigenvalue weighted by atomic mass is 19.4. The largest absolute Gasteiger partial charge is 0.522 e. The molecular weight excluding hydrogens is 257 g/mol. The molecule has 6 nitrogen and oxygen atoms in total. The number of ether oxygens (including phenoxy) is 1. The fourth-order valence-electron chi connectivity index (χ4n) is 1.70. The van der Waals surface area contributed by atoms with Gasteiger partial charge in [0.15, 0.2) is 0 Å². The second-order valence-corrected chi connectivity index (χ2v) is 3.73. The molecule has 0 radical (unpaired) electrons. The molecule has 9 heteroatoms. The van der Waals surface area contributed by atoms with Gasteiger partial charge in [0.2, 0.25) is 5.91 Å². The van der Waals surface area contributed by atoms with Gasteiger partial charge >= 0.3 is 12.3 Å². The first kappa shape index (κ1) is 14.7. The van der Waals surface area contributed by atoms with Crippen LogP contribution in [-0.4, -0.2) is 60.5 Å². The third kappa shape index (κ3) is 4.88. The first-order valence-corrected chi connectivity index (χ1v) is 5.24. The molecule has 1 aliphatic rings. The molecule has 0 aromatic rings. The summed E-state index contributed by atoms with van der Waals surface area (Å²) in [6, 6.07) is -0.951. The van der Waals surface area contributed by atoms with Gasteiger partial charge in [0.25, 0.3) is 0 Å². The van der Waals surface area contributed by atoms with Crippen LogP contribution in [0.3, 0.4) is 0 Å². The fraction of sp³-hybridized carbons (Fsp3) is 0.778. The van der Waals surface area contributed by atoms with Crippen molar-refractivity contribution < 1.29 is 32.6 Å². The highest BCUT2D eigenvalue weighted by Gasteiger charge is 2.33. The minimum atomic E-state index is -4.72. The van der Waals surface area contributed by atoms with Crippen molar-refractivity contribution in [3.05, 3.63) is 0 Å². The summed E-state index contributed by atoms with van der Waals surface area (Å²) in [5.41, 5.74) is 0. The molecule has 1 fully saturated rings. The number of amides is 1. The number of piperazine rings is 1. The highest BCUT2D eigenvalue weighted by molar-refractivity contribution is 5.86. The first-order valence-electron chi connectivity index (χ1n) is 5.24. The average molecular weight is 270 g/mol. The smallest absolute Gasteiger partial charge is 0.481 e. The van der Waals surface area contributed by atoms with Gasteiger partial charge in [0.05, 0.1) is 19.1 Å². The normalized spacial score (nSPS) is 21.7. The molecule has 1 atom stereocenters. The van der Waals surface area contributed by atoms with Crippen LogP contribution in [0.2, 0.25) is 0 Å². The number of carbonyl (C=O) groups excluding carboxylic acids is 1. The maximum absolute atomic E-state index is 11.8. The number of nitrogens with zero attached hydrogens (tertiary/aromatic N) is 1. The van der Waals surface area contributed by atoms with Crippen molar-refractivity contribution in [2.24, 2.45) is 0 Å². The molecular formula is C9H13F3N2O4. The van der Waals surface area contributed by atoms with Crippen molar-refractivity contribution >= 4 is 11.9 Å². The van der Waals surface area contributed by atoms with Crippen molar-refractivity contribution in [2.45, 2.75) is 18.8 Å². The lowest BCUT2D eigenvalue weighted by Gasteiger charge is -2.34. The number of carboxylic acid groups (broad SMARTS) is 1. The molecule has 0 bridgehead atoms. The summed E-state index contributed by atoms with van der Waals surface area (Å²) >= 11 is 0. The van der Waals surface area contributed by atoms with Crippen LogP contribution in [0.1, 0.15) is 6.42 Å². The second-order valence-electron chi connectivity index (χ2n) is 3.73. The number of nitrogens with one attached hydrogen (secondary N) is 1. The van der Waals surface area contributed by atoms with E-state index in [2.05, 4.69) is 10.1 Å². The lowest BCUT2D eigenvalue weighted by atomic mass is 10.1. The van der Waals surface area contributed by atoms with E-state index in [0.717, 1.165) is 0 Å². The van der Waals surface area contributed by atoms with Crippen LogP contribution < -0.4 is 5.32 Å². The molecule has 1 rings (SSSR count). The van der Waals surface area contributed by atoms with E-state index >= 15 is 0 Å². The minimum Gasteiger partial charge on any atom is -0.481 e. The molecule has 0 aliphatic carbocycles. The van der Waals surface area contributed by atoms with E-state index in [1.807, 2.05) is 0 Å². The summed E-state index contributed by atoms with van der Waals surface area (Å²) in [5.74, 6) is -1.67. The quantitative estimate of drug-likeness (QED) is 0.723. The molecule has 1 saturated heterocycles. The minimum absolute atomic E-state index is 0.148. The van der Waals surface area contributed by atoms with Crippen molar-refractivity contribution in [2.75, 3.05) is 26.2 Å². The number of halogens is 3. The number of alkyl halides is 3. The predicted molar refractivity (Wildman–Crippen MR) is 52.6 cm³/mol. The molecule has 0 aromatic heterocycles. The summed E-state index contributed by atoms with van der Waals surface area (Å²) in [4.78, 5) is 23.4. The number of carbonyl (C=O) groups is 2. The molecule has 104 valence electrons. The van der Waals surface area contributed by atoms with Crippen LogP contribution in [-0.2, 0) is 14.3 Å². The van der Waals surface area contributed by atoms with Gasteiger partial charge in [-0.25, -0.2) is 0 Å². The van der Waals surface area contributed by atoms with E-state index in [4.69, 9.17) is 5.11 Å². The number of hydrogen-bond acceptors (Lipinski definition) is 4. The molecule has 1 heterocycles. The summed E-state index contributed by atoms with van der Waals surface area (Å²) in [6.45, 7) is -0.205. The van der Waals surface area contributed by atoms with Crippen LogP contribution in [0.15, 0.2) is 0 Å². The molecule has 0 spiro atoms. The van der Waals surface area contributed by atoms with Gasteiger partial charge in [-0.3, -0.25) is 19.2 Å². The molecule has 18 heavy (non-hydrogen) atoms. The Balaban J connectivity index is 2.49. The number of aliphatic carboxylic acids is 1.